The second-order valence-corrected chi connectivity index (χ2v) is 15.7. The van der Waals surface area contributed by atoms with Crippen LogP contribution in [0.1, 0.15) is 48.5 Å². The standard InChI is InChI=1S/C29H40O5Si/c1-9-23-25(33-29(7,8)31-23)26(24-20-30-28(5,6)32-24)34-35(27(2,3)4,21-16-12-10-13-17-21)22-18-14-11-15-19-22/h9-19,23-26H,1,20H2,2-8H3/t23-,24-,25-,26-/m1/s1. The molecule has 5 nitrogen and oxygen atoms in total. The molecule has 4 atom stereocenters. The van der Waals surface area contributed by atoms with Crippen LogP contribution in [-0.4, -0.2) is 50.9 Å². The molecule has 0 saturated carbocycles. The van der Waals surface area contributed by atoms with Gasteiger partial charge in [0.25, 0.3) is 8.32 Å². The van der Waals surface area contributed by atoms with E-state index in [9.17, 15) is 0 Å². The zero-order valence-corrected chi connectivity index (χ0v) is 23.1. The summed E-state index contributed by atoms with van der Waals surface area (Å²) in [7, 11) is -2.89. The van der Waals surface area contributed by atoms with Crippen LogP contribution in [0.4, 0.5) is 0 Å². The lowest BCUT2D eigenvalue weighted by atomic mass is 10.0. The van der Waals surface area contributed by atoms with E-state index in [1.807, 2.05) is 33.8 Å². The first-order valence-electron chi connectivity index (χ1n) is 12.5. The van der Waals surface area contributed by atoms with Crippen LogP contribution in [0.2, 0.25) is 5.04 Å². The summed E-state index contributed by atoms with van der Waals surface area (Å²) >= 11 is 0. The molecule has 2 heterocycles. The molecule has 2 fully saturated rings. The molecule has 190 valence electrons. The fraction of sp³-hybridized carbons (Fsp3) is 0.517. The van der Waals surface area contributed by atoms with Gasteiger partial charge in [-0.05, 0) is 43.1 Å². The van der Waals surface area contributed by atoms with Gasteiger partial charge in [-0.15, -0.1) is 6.58 Å². The topological polar surface area (TPSA) is 46.2 Å². The average molecular weight is 497 g/mol. The highest BCUT2D eigenvalue weighted by Crippen LogP contribution is 2.42. The molecule has 2 saturated heterocycles. The summed E-state index contributed by atoms with van der Waals surface area (Å²) in [6, 6.07) is 21.2. The van der Waals surface area contributed by atoms with Gasteiger partial charge in [0.1, 0.15) is 24.4 Å². The van der Waals surface area contributed by atoms with Gasteiger partial charge in [0.05, 0.1) is 6.61 Å². The van der Waals surface area contributed by atoms with Crippen LogP contribution in [0.25, 0.3) is 0 Å². The Hall–Kier alpha value is -1.80. The van der Waals surface area contributed by atoms with Gasteiger partial charge < -0.3 is 23.4 Å². The maximum atomic E-state index is 7.54. The monoisotopic (exact) mass is 496 g/mol. The van der Waals surface area contributed by atoms with E-state index >= 15 is 0 Å². The molecule has 4 rings (SSSR count). The fourth-order valence-corrected chi connectivity index (χ4v) is 10.1. The van der Waals surface area contributed by atoms with E-state index in [4.69, 9.17) is 23.4 Å². The summed E-state index contributed by atoms with van der Waals surface area (Å²) in [5.41, 5.74) is 0. The Bertz CT molecular complexity index is 959. The minimum atomic E-state index is -2.89. The minimum Gasteiger partial charge on any atom is -0.399 e. The van der Waals surface area contributed by atoms with Crippen molar-refractivity contribution < 1.29 is 23.4 Å². The van der Waals surface area contributed by atoms with Crippen molar-refractivity contribution in [3.63, 3.8) is 0 Å². The Balaban J connectivity index is 1.89. The number of rotatable bonds is 7. The lowest BCUT2D eigenvalue weighted by Crippen LogP contribution is -2.70. The zero-order valence-electron chi connectivity index (χ0n) is 22.1. The van der Waals surface area contributed by atoms with Crippen LogP contribution in [0.15, 0.2) is 73.3 Å². The molecule has 0 aliphatic carbocycles. The van der Waals surface area contributed by atoms with E-state index < -0.39 is 32.1 Å². The average Bonchev–Trinajstić information content (AvgIpc) is 3.32. The first kappa shape index (κ1) is 26.3. The smallest absolute Gasteiger partial charge is 0.261 e. The maximum Gasteiger partial charge on any atom is 0.261 e. The Morgan fingerprint density at radius 2 is 1.43 bits per heavy atom. The highest BCUT2D eigenvalue weighted by Gasteiger charge is 2.57. The van der Waals surface area contributed by atoms with Crippen molar-refractivity contribution in [1.82, 2.24) is 0 Å². The summed E-state index contributed by atoms with van der Waals surface area (Å²) in [4.78, 5) is 0. The van der Waals surface area contributed by atoms with E-state index in [-0.39, 0.29) is 17.2 Å². The van der Waals surface area contributed by atoms with Crippen LogP contribution < -0.4 is 10.4 Å². The molecule has 0 spiro atoms. The highest BCUT2D eigenvalue weighted by atomic mass is 28.4. The van der Waals surface area contributed by atoms with Crippen molar-refractivity contribution in [2.45, 2.75) is 89.5 Å². The third-order valence-corrected chi connectivity index (χ3v) is 11.9. The Labute approximate surface area is 211 Å². The normalized spacial score (nSPS) is 27.0. The van der Waals surface area contributed by atoms with Gasteiger partial charge in [-0.1, -0.05) is 87.5 Å². The molecule has 0 N–H and O–H groups in total. The first-order valence-corrected chi connectivity index (χ1v) is 14.4. The third kappa shape index (κ3) is 5.19. The van der Waals surface area contributed by atoms with Crippen LogP contribution in [0.5, 0.6) is 0 Å². The van der Waals surface area contributed by atoms with Crippen molar-refractivity contribution in [3.8, 4) is 0 Å². The molecular formula is C29H40O5Si. The molecule has 2 aromatic carbocycles. The number of hydrogen-bond donors (Lipinski definition) is 0. The zero-order chi connectivity index (χ0) is 25.5. The van der Waals surface area contributed by atoms with E-state index in [0.29, 0.717) is 6.61 Å². The summed E-state index contributed by atoms with van der Waals surface area (Å²) in [5.74, 6) is -1.46. The van der Waals surface area contributed by atoms with Gasteiger partial charge in [0.2, 0.25) is 0 Å². The van der Waals surface area contributed by atoms with Gasteiger partial charge in [0, 0.05) is 0 Å². The number of benzene rings is 2. The van der Waals surface area contributed by atoms with Gasteiger partial charge in [-0.3, -0.25) is 0 Å². The second-order valence-electron chi connectivity index (χ2n) is 11.4. The Morgan fingerprint density at radius 3 is 1.86 bits per heavy atom. The van der Waals surface area contributed by atoms with Gasteiger partial charge in [-0.25, -0.2) is 0 Å². The summed E-state index contributed by atoms with van der Waals surface area (Å²) in [5, 5.41) is 2.21. The fourth-order valence-electron chi connectivity index (χ4n) is 5.38. The van der Waals surface area contributed by atoms with Crippen LogP contribution in [0, 0.1) is 0 Å². The van der Waals surface area contributed by atoms with E-state index in [1.54, 1.807) is 0 Å². The van der Waals surface area contributed by atoms with Crippen molar-refractivity contribution in [3.05, 3.63) is 73.3 Å². The summed E-state index contributed by atoms with van der Waals surface area (Å²) in [6.07, 6.45) is 0.318. The van der Waals surface area contributed by atoms with Crippen LogP contribution >= 0.6 is 0 Å². The first-order chi connectivity index (χ1) is 16.4. The SMILES string of the molecule is C=C[C@H]1OC(C)(C)O[C@H]1[C@H](O[Si](c1ccccc1)(c1ccccc1)C(C)(C)C)[C@H]1COC(C)(C)O1. The lowest BCUT2D eigenvalue weighted by Gasteiger charge is -2.47. The summed E-state index contributed by atoms with van der Waals surface area (Å²) < 4.78 is 32.7. The van der Waals surface area contributed by atoms with E-state index in [0.717, 1.165) is 0 Å². The Morgan fingerprint density at radius 1 is 0.886 bits per heavy atom. The van der Waals surface area contributed by atoms with E-state index in [2.05, 4.69) is 88.0 Å². The molecule has 0 amide bonds. The maximum absolute atomic E-state index is 7.54. The van der Waals surface area contributed by atoms with Crippen molar-refractivity contribution in [2.75, 3.05) is 6.61 Å². The lowest BCUT2D eigenvalue weighted by molar-refractivity contribution is -0.176. The van der Waals surface area contributed by atoms with Gasteiger partial charge >= 0.3 is 0 Å². The van der Waals surface area contributed by atoms with Crippen molar-refractivity contribution in [2.24, 2.45) is 0 Å². The van der Waals surface area contributed by atoms with Crippen molar-refractivity contribution >= 4 is 18.7 Å². The molecule has 6 heteroatoms. The molecule has 2 aliphatic rings. The minimum absolute atomic E-state index is 0.193. The molecule has 0 bridgehead atoms. The molecule has 0 unspecified atom stereocenters. The van der Waals surface area contributed by atoms with E-state index in [1.165, 1.54) is 10.4 Å². The second kappa shape index (κ2) is 9.58. The number of hydrogen-bond acceptors (Lipinski definition) is 5. The molecule has 35 heavy (non-hydrogen) atoms. The summed E-state index contributed by atoms with van der Waals surface area (Å²) in [6.45, 7) is 19.0. The number of ether oxygens (including phenoxy) is 4. The molecular weight excluding hydrogens is 456 g/mol. The predicted molar refractivity (Wildman–Crippen MR) is 141 cm³/mol. The van der Waals surface area contributed by atoms with Crippen molar-refractivity contribution in [1.29, 1.82) is 0 Å². The third-order valence-electron chi connectivity index (χ3n) is 6.85. The molecule has 0 aromatic heterocycles. The molecule has 2 aliphatic heterocycles. The van der Waals surface area contributed by atoms with Gasteiger partial charge in [-0.2, -0.15) is 0 Å². The van der Waals surface area contributed by atoms with Crippen LogP contribution in [-0.2, 0) is 23.4 Å². The molecule has 2 aromatic rings. The Kier molecular flexibility index (Phi) is 7.19. The quantitative estimate of drug-likeness (QED) is 0.407. The largest absolute Gasteiger partial charge is 0.399 e. The highest BCUT2D eigenvalue weighted by molar-refractivity contribution is 6.99. The predicted octanol–water partition coefficient (Wildman–Crippen LogP) is 4.79. The van der Waals surface area contributed by atoms with Crippen LogP contribution in [0.3, 0.4) is 0 Å². The molecule has 0 radical (unpaired) electrons. The van der Waals surface area contributed by atoms with Gasteiger partial charge in [0.15, 0.2) is 11.6 Å².